The summed E-state index contributed by atoms with van der Waals surface area (Å²) < 4.78 is 15.9. The largest absolute Gasteiger partial charge is 0.452 e. The molecule has 3 aromatic rings. The summed E-state index contributed by atoms with van der Waals surface area (Å²) in [4.78, 5) is 24.5. The van der Waals surface area contributed by atoms with Crippen molar-refractivity contribution in [2.24, 2.45) is 0 Å². The molecule has 0 spiro atoms. The summed E-state index contributed by atoms with van der Waals surface area (Å²) in [5, 5.41) is 3.79. The zero-order valence-electron chi connectivity index (χ0n) is 15.7. The molecule has 2 aromatic carbocycles. The average molecular weight is 422 g/mol. The third-order valence-electron chi connectivity index (χ3n) is 4.31. The van der Waals surface area contributed by atoms with E-state index in [2.05, 4.69) is 5.16 Å². The number of hydrogen-bond acceptors (Lipinski definition) is 6. The minimum Gasteiger partial charge on any atom is -0.452 e. The number of ketones is 1. The molecule has 1 aliphatic rings. The maximum atomic E-state index is 12.5. The van der Waals surface area contributed by atoms with Crippen molar-refractivity contribution in [2.45, 2.75) is 12.8 Å². The molecule has 0 aliphatic carbocycles. The van der Waals surface area contributed by atoms with Crippen LogP contribution in [0.15, 0.2) is 77.0 Å². The number of hydrogen-bond donors (Lipinski definition) is 0. The number of rotatable bonds is 6. The molecule has 4 rings (SSSR count). The van der Waals surface area contributed by atoms with Gasteiger partial charge >= 0.3 is 5.97 Å². The normalized spacial score (nSPS) is 14.2. The number of aromatic nitrogens is 1. The highest BCUT2D eigenvalue weighted by molar-refractivity contribution is 6.29. The Morgan fingerprint density at radius 3 is 2.73 bits per heavy atom. The Bertz CT molecular complexity index is 1150. The van der Waals surface area contributed by atoms with Crippen molar-refractivity contribution in [3.05, 3.63) is 94.5 Å². The van der Waals surface area contributed by atoms with Crippen LogP contribution < -0.4 is 9.47 Å². The van der Waals surface area contributed by atoms with E-state index in [0.29, 0.717) is 29.2 Å². The van der Waals surface area contributed by atoms with Gasteiger partial charge in [-0.2, -0.15) is 0 Å². The second-order valence-corrected chi connectivity index (χ2v) is 6.87. The first kappa shape index (κ1) is 19.7. The average Bonchev–Trinajstić information content (AvgIpc) is 3.30. The van der Waals surface area contributed by atoms with Gasteiger partial charge in [0.05, 0.1) is 12.0 Å². The number of carbonyl (C=O) groups is 2. The molecule has 0 saturated carbocycles. The highest BCUT2D eigenvalue weighted by Gasteiger charge is 2.27. The van der Waals surface area contributed by atoms with Crippen molar-refractivity contribution in [1.29, 1.82) is 0 Å². The number of halogens is 1. The first-order valence-electron chi connectivity index (χ1n) is 9.20. The zero-order valence-corrected chi connectivity index (χ0v) is 16.5. The summed E-state index contributed by atoms with van der Waals surface area (Å²) >= 11 is 5.67. The molecule has 0 bridgehead atoms. The molecular weight excluding hydrogens is 406 g/mol. The first-order chi connectivity index (χ1) is 14.6. The minimum absolute atomic E-state index is 0.0951. The van der Waals surface area contributed by atoms with E-state index in [0.717, 1.165) is 5.56 Å². The van der Waals surface area contributed by atoms with Crippen LogP contribution in [0.5, 0.6) is 11.5 Å². The highest BCUT2D eigenvalue weighted by Crippen LogP contribution is 2.34. The van der Waals surface area contributed by atoms with E-state index in [1.165, 1.54) is 6.07 Å². The lowest BCUT2D eigenvalue weighted by Gasteiger charge is -2.05. The molecule has 0 unspecified atom stereocenters. The van der Waals surface area contributed by atoms with Gasteiger partial charge in [-0.3, -0.25) is 9.59 Å². The number of benzene rings is 2. The third-order valence-corrected chi connectivity index (χ3v) is 4.49. The Balaban J connectivity index is 1.38. The van der Waals surface area contributed by atoms with Gasteiger partial charge < -0.3 is 14.0 Å². The third kappa shape index (κ3) is 4.67. The molecule has 0 amide bonds. The Labute approximate surface area is 177 Å². The molecule has 0 fully saturated rings. The van der Waals surface area contributed by atoms with Crippen LogP contribution >= 0.6 is 11.6 Å². The fraction of sp³-hybridized carbons (Fsp3) is 0.0870. The van der Waals surface area contributed by atoms with E-state index < -0.39 is 5.97 Å². The molecule has 7 heteroatoms. The van der Waals surface area contributed by atoms with E-state index in [9.17, 15) is 9.59 Å². The molecule has 1 aromatic heterocycles. The molecule has 1 aliphatic heterocycles. The predicted molar refractivity (Wildman–Crippen MR) is 110 cm³/mol. The number of carbonyl (C=O) groups excluding carboxylic acids is 2. The maximum absolute atomic E-state index is 12.5. The van der Waals surface area contributed by atoms with Crippen LogP contribution in [-0.2, 0) is 11.2 Å². The van der Waals surface area contributed by atoms with E-state index in [1.807, 2.05) is 36.4 Å². The molecule has 0 atom stereocenters. The lowest BCUT2D eigenvalue weighted by atomic mass is 10.1. The lowest BCUT2D eigenvalue weighted by Crippen LogP contribution is -2.08. The second kappa shape index (κ2) is 8.80. The van der Waals surface area contributed by atoms with Crippen LogP contribution in [0.4, 0.5) is 0 Å². The van der Waals surface area contributed by atoms with E-state index in [-0.39, 0.29) is 23.1 Å². The Morgan fingerprint density at radius 1 is 1.13 bits per heavy atom. The van der Waals surface area contributed by atoms with Gasteiger partial charge in [-0.1, -0.05) is 59.2 Å². The summed E-state index contributed by atoms with van der Waals surface area (Å²) in [6.07, 6.45) is 5.66. The number of allylic oxidation sites excluding steroid dienone is 3. The number of Topliss-reactive ketones (excluding diaryl/α,β-unsaturated/α-hetero) is 1. The number of nitrogens with zero attached hydrogens (tertiary/aromatic N) is 1. The van der Waals surface area contributed by atoms with Crippen molar-refractivity contribution in [2.75, 3.05) is 0 Å². The van der Waals surface area contributed by atoms with Gasteiger partial charge in [-0.25, -0.2) is 0 Å². The van der Waals surface area contributed by atoms with Gasteiger partial charge in [0.25, 0.3) is 0 Å². The summed E-state index contributed by atoms with van der Waals surface area (Å²) in [6, 6.07) is 15.9. The molecule has 0 radical (unpaired) electrons. The molecule has 6 nitrogen and oxygen atoms in total. The smallest absolute Gasteiger partial charge is 0.311 e. The Kier molecular flexibility index (Phi) is 5.77. The SMILES string of the molecule is O=C(CCc1cc(Cl)no1)Oc1ccc2c(c1)O/C(=C\C=C\c1ccccc1)C2=O. The van der Waals surface area contributed by atoms with Gasteiger partial charge in [0.2, 0.25) is 5.78 Å². The first-order valence-corrected chi connectivity index (χ1v) is 9.58. The van der Waals surface area contributed by atoms with Crippen LogP contribution in [0, 0.1) is 0 Å². The quantitative estimate of drug-likeness (QED) is 0.315. The zero-order chi connectivity index (χ0) is 20.9. The molecule has 30 heavy (non-hydrogen) atoms. The molecule has 0 N–H and O–H groups in total. The van der Waals surface area contributed by atoms with Crippen LogP contribution in [0.1, 0.15) is 28.1 Å². The van der Waals surface area contributed by atoms with Crippen molar-refractivity contribution in [1.82, 2.24) is 5.16 Å². The predicted octanol–water partition coefficient (Wildman–Crippen LogP) is 5.04. The number of ether oxygens (including phenoxy) is 2. The second-order valence-electron chi connectivity index (χ2n) is 6.48. The summed E-state index contributed by atoms with van der Waals surface area (Å²) in [5.74, 6) is 0.687. The maximum Gasteiger partial charge on any atom is 0.311 e. The highest BCUT2D eigenvalue weighted by atomic mass is 35.5. The van der Waals surface area contributed by atoms with Crippen LogP contribution in [-0.4, -0.2) is 16.9 Å². The van der Waals surface area contributed by atoms with Crippen LogP contribution in [0.2, 0.25) is 5.15 Å². The molecule has 0 saturated heterocycles. The minimum atomic E-state index is -0.451. The van der Waals surface area contributed by atoms with Gasteiger partial charge in [-0.15, -0.1) is 0 Å². The topological polar surface area (TPSA) is 78.6 Å². The lowest BCUT2D eigenvalue weighted by molar-refractivity contribution is -0.134. The molecule has 150 valence electrons. The van der Waals surface area contributed by atoms with Crippen LogP contribution in [0.25, 0.3) is 6.08 Å². The summed E-state index contributed by atoms with van der Waals surface area (Å²) in [5.41, 5.74) is 1.43. The van der Waals surface area contributed by atoms with Crippen molar-refractivity contribution in [3.8, 4) is 11.5 Å². The number of fused-ring (bicyclic) bond motifs is 1. The number of aryl methyl sites for hydroxylation is 1. The van der Waals surface area contributed by atoms with Gasteiger partial charge in [-0.05, 0) is 23.8 Å². The Hall–Kier alpha value is -3.64. The van der Waals surface area contributed by atoms with Crippen molar-refractivity contribution < 1.29 is 23.6 Å². The fourth-order valence-electron chi connectivity index (χ4n) is 2.87. The fourth-order valence-corrected chi connectivity index (χ4v) is 3.03. The summed E-state index contributed by atoms with van der Waals surface area (Å²) in [7, 11) is 0. The van der Waals surface area contributed by atoms with E-state index in [1.54, 1.807) is 30.4 Å². The number of esters is 1. The van der Waals surface area contributed by atoms with E-state index in [4.69, 9.17) is 25.6 Å². The van der Waals surface area contributed by atoms with Crippen molar-refractivity contribution in [3.63, 3.8) is 0 Å². The van der Waals surface area contributed by atoms with Gasteiger partial charge in [0.15, 0.2) is 10.9 Å². The van der Waals surface area contributed by atoms with Gasteiger partial charge in [0, 0.05) is 18.6 Å². The van der Waals surface area contributed by atoms with Crippen molar-refractivity contribution >= 4 is 29.4 Å². The van der Waals surface area contributed by atoms with E-state index >= 15 is 0 Å². The van der Waals surface area contributed by atoms with Crippen LogP contribution in [0.3, 0.4) is 0 Å². The Morgan fingerprint density at radius 2 is 1.97 bits per heavy atom. The standard InChI is InChI=1S/C23H16ClNO5/c24-21-14-17(30-25-21)10-12-22(26)28-16-9-11-18-20(13-16)29-19(23(18)27)8-4-7-15-5-2-1-3-6-15/h1-9,11,13-14H,10,12H2/b7-4+,19-8-. The molecule has 2 heterocycles. The monoisotopic (exact) mass is 421 g/mol. The molecular formula is C23H16ClNO5. The summed E-state index contributed by atoms with van der Waals surface area (Å²) in [6.45, 7) is 0. The van der Waals surface area contributed by atoms with Gasteiger partial charge in [0.1, 0.15) is 17.3 Å².